The summed E-state index contributed by atoms with van der Waals surface area (Å²) in [7, 11) is 1.65. The average Bonchev–Trinajstić information content (AvgIpc) is 2.56. The summed E-state index contributed by atoms with van der Waals surface area (Å²) < 4.78 is 5.87. The number of nitrogens with zero attached hydrogens (tertiary/aromatic N) is 4. The van der Waals surface area contributed by atoms with Crippen molar-refractivity contribution in [3.05, 3.63) is 29.3 Å². The number of guanidine groups is 1. The Labute approximate surface area is 141 Å². The lowest BCUT2D eigenvalue weighted by molar-refractivity contribution is -0.0796. The number of rotatable bonds is 2. The molecule has 0 aromatic heterocycles. The van der Waals surface area contributed by atoms with Gasteiger partial charge in [0.1, 0.15) is 17.5 Å². The van der Waals surface area contributed by atoms with E-state index >= 15 is 0 Å². The standard InChI is InChI=1S/C17H21N5O2/c1-5-22(10-19)16(20)21(4)14-12-8-11(9-18)6-7-13(12)24-17(2,3)15(14)23/h6-8,14-15,20,23H,5H2,1-4H3. The zero-order valence-corrected chi connectivity index (χ0v) is 14.2. The molecule has 7 heteroatoms. The van der Waals surface area contributed by atoms with Crippen molar-refractivity contribution in [2.45, 2.75) is 38.5 Å². The van der Waals surface area contributed by atoms with Crippen molar-refractivity contribution < 1.29 is 9.84 Å². The van der Waals surface area contributed by atoms with Crippen molar-refractivity contribution in [3.63, 3.8) is 0 Å². The molecule has 1 aliphatic rings. The molecule has 2 N–H and O–H groups in total. The van der Waals surface area contributed by atoms with Crippen LogP contribution in [-0.4, -0.2) is 46.2 Å². The summed E-state index contributed by atoms with van der Waals surface area (Å²) in [4.78, 5) is 2.77. The summed E-state index contributed by atoms with van der Waals surface area (Å²) >= 11 is 0. The van der Waals surface area contributed by atoms with E-state index in [-0.39, 0.29) is 5.96 Å². The quantitative estimate of drug-likeness (QED) is 0.371. The highest BCUT2D eigenvalue weighted by molar-refractivity contribution is 5.79. The molecule has 2 rings (SSSR count). The minimum absolute atomic E-state index is 0.0185. The van der Waals surface area contributed by atoms with Crippen LogP contribution in [0.25, 0.3) is 0 Å². The van der Waals surface area contributed by atoms with Gasteiger partial charge in [0.2, 0.25) is 5.96 Å². The Morgan fingerprint density at radius 2 is 2.08 bits per heavy atom. The van der Waals surface area contributed by atoms with Gasteiger partial charge in [-0.25, -0.2) is 4.90 Å². The highest BCUT2D eigenvalue weighted by atomic mass is 16.5. The monoisotopic (exact) mass is 327 g/mol. The minimum atomic E-state index is -0.943. The SMILES string of the molecule is CCN(C#N)C(=N)N(C)C1c2cc(C#N)ccc2OC(C)(C)C1O. The van der Waals surface area contributed by atoms with Gasteiger partial charge in [0.15, 0.2) is 6.19 Å². The van der Waals surface area contributed by atoms with Crippen LogP contribution in [-0.2, 0) is 0 Å². The van der Waals surface area contributed by atoms with Crippen LogP contribution in [0.4, 0.5) is 0 Å². The zero-order valence-electron chi connectivity index (χ0n) is 14.2. The number of fused-ring (bicyclic) bond motifs is 1. The molecule has 0 spiro atoms. The molecule has 1 aromatic rings. The molecule has 0 fully saturated rings. The number of nitriles is 2. The Hall–Kier alpha value is -2.77. The zero-order chi connectivity index (χ0) is 18.1. The number of hydrogen-bond acceptors (Lipinski definition) is 5. The minimum Gasteiger partial charge on any atom is -0.485 e. The van der Waals surface area contributed by atoms with Crippen molar-refractivity contribution in [2.75, 3.05) is 13.6 Å². The number of benzene rings is 1. The van der Waals surface area contributed by atoms with Crippen molar-refractivity contribution in [1.82, 2.24) is 9.80 Å². The molecule has 2 unspecified atom stereocenters. The largest absolute Gasteiger partial charge is 0.485 e. The van der Waals surface area contributed by atoms with Gasteiger partial charge in [-0.3, -0.25) is 5.41 Å². The Morgan fingerprint density at radius 1 is 1.42 bits per heavy atom. The molecule has 1 aromatic carbocycles. The highest BCUT2D eigenvalue weighted by Gasteiger charge is 2.45. The van der Waals surface area contributed by atoms with Gasteiger partial charge in [0, 0.05) is 19.2 Å². The van der Waals surface area contributed by atoms with E-state index in [0.29, 0.717) is 23.4 Å². The van der Waals surface area contributed by atoms with E-state index in [4.69, 9.17) is 20.7 Å². The molecule has 2 atom stereocenters. The van der Waals surface area contributed by atoms with Crippen LogP contribution >= 0.6 is 0 Å². The van der Waals surface area contributed by atoms with Gasteiger partial charge in [-0.2, -0.15) is 10.5 Å². The first-order valence-corrected chi connectivity index (χ1v) is 7.66. The van der Waals surface area contributed by atoms with Gasteiger partial charge >= 0.3 is 0 Å². The van der Waals surface area contributed by atoms with E-state index in [9.17, 15) is 5.11 Å². The first-order chi connectivity index (χ1) is 11.3. The van der Waals surface area contributed by atoms with Gasteiger partial charge in [-0.05, 0) is 39.0 Å². The van der Waals surface area contributed by atoms with Crippen LogP contribution in [0.2, 0.25) is 0 Å². The Morgan fingerprint density at radius 3 is 2.62 bits per heavy atom. The molecule has 24 heavy (non-hydrogen) atoms. The fraction of sp³-hybridized carbons (Fsp3) is 0.471. The number of nitrogens with one attached hydrogen (secondary N) is 1. The lowest BCUT2D eigenvalue weighted by Gasteiger charge is -2.46. The smallest absolute Gasteiger partial charge is 0.207 e. The fourth-order valence-electron chi connectivity index (χ4n) is 2.85. The maximum atomic E-state index is 10.8. The van der Waals surface area contributed by atoms with Crippen LogP contribution in [0.1, 0.15) is 37.9 Å². The first-order valence-electron chi connectivity index (χ1n) is 7.66. The summed E-state index contributed by atoms with van der Waals surface area (Å²) in [6.07, 6.45) is 1.01. The van der Waals surface area contributed by atoms with Crippen LogP contribution in [0.3, 0.4) is 0 Å². The third-order valence-electron chi connectivity index (χ3n) is 4.29. The van der Waals surface area contributed by atoms with Crippen molar-refractivity contribution >= 4 is 5.96 Å². The van der Waals surface area contributed by atoms with E-state index in [1.807, 2.05) is 6.19 Å². The third-order valence-corrected chi connectivity index (χ3v) is 4.29. The second-order valence-corrected chi connectivity index (χ2v) is 6.24. The van der Waals surface area contributed by atoms with Gasteiger partial charge < -0.3 is 14.7 Å². The molecule has 0 aliphatic carbocycles. The van der Waals surface area contributed by atoms with Crippen LogP contribution in [0, 0.1) is 28.2 Å². The maximum absolute atomic E-state index is 10.8. The predicted molar refractivity (Wildman–Crippen MR) is 88.1 cm³/mol. The number of hydrogen-bond donors (Lipinski definition) is 2. The van der Waals surface area contributed by atoms with Gasteiger partial charge in [-0.15, -0.1) is 0 Å². The predicted octanol–water partition coefficient (Wildman–Crippen LogP) is 1.80. The summed E-state index contributed by atoms with van der Waals surface area (Å²) in [5.41, 5.74) is 0.202. The molecule has 0 amide bonds. The molecule has 0 saturated carbocycles. The van der Waals surface area contributed by atoms with Gasteiger partial charge in [0.05, 0.1) is 17.7 Å². The molecular weight excluding hydrogens is 306 g/mol. The Kier molecular flexibility index (Phi) is 4.68. The van der Waals surface area contributed by atoms with E-state index in [1.165, 1.54) is 4.90 Å². The van der Waals surface area contributed by atoms with Crippen molar-refractivity contribution in [2.24, 2.45) is 0 Å². The van der Waals surface area contributed by atoms with Gasteiger partial charge in [0.25, 0.3) is 0 Å². The van der Waals surface area contributed by atoms with E-state index in [1.54, 1.807) is 50.9 Å². The molecule has 7 nitrogen and oxygen atoms in total. The lowest BCUT2D eigenvalue weighted by Crippen LogP contribution is -2.55. The first kappa shape index (κ1) is 17.6. The van der Waals surface area contributed by atoms with Crippen molar-refractivity contribution in [1.29, 1.82) is 15.9 Å². The summed E-state index contributed by atoms with van der Waals surface area (Å²) in [5, 5.41) is 37.4. The average molecular weight is 327 g/mol. The van der Waals surface area contributed by atoms with E-state index in [2.05, 4.69) is 6.07 Å². The molecular formula is C17H21N5O2. The number of likely N-dealkylation sites (N-methyl/N-ethyl adjacent to an activating group) is 1. The fourth-order valence-corrected chi connectivity index (χ4v) is 2.85. The second-order valence-electron chi connectivity index (χ2n) is 6.24. The molecule has 0 radical (unpaired) electrons. The molecule has 0 saturated heterocycles. The second kappa shape index (κ2) is 6.38. The third kappa shape index (κ3) is 2.86. The van der Waals surface area contributed by atoms with Crippen molar-refractivity contribution in [3.8, 4) is 18.0 Å². The normalized spacial score (nSPS) is 20.8. The summed E-state index contributed by atoms with van der Waals surface area (Å²) in [6, 6.07) is 6.48. The number of aliphatic hydroxyl groups is 1. The lowest BCUT2D eigenvalue weighted by atomic mass is 9.85. The van der Waals surface area contributed by atoms with Crippen LogP contribution in [0.15, 0.2) is 18.2 Å². The number of aliphatic hydroxyl groups excluding tert-OH is 1. The molecule has 126 valence electrons. The Bertz CT molecular complexity index is 731. The number of ether oxygens (including phenoxy) is 1. The van der Waals surface area contributed by atoms with Gasteiger partial charge in [-0.1, -0.05) is 0 Å². The Balaban J connectivity index is 2.53. The summed E-state index contributed by atoms with van der Waals surface area (Å²) in [6.45, 7) is 5.67. The van der Waals surface area contributed by atoms with E-state index in [0.717, 1.165) is 0 Å². The molecule has 1 heterocycles. The maximum Gasteiger partial charge on any atom is 0.207 e. The van der Waals surface area contributed by atoms with Crippen LogP contribution < -0.4 is 4.74 Å². The summed E-state index contributed by atoms with van der Waals surface area (Å²) in [5.74, 6) is 0.545. The highest BCUT2D eigenvalue weighted by Crippen LogP contribution is 2.42. The molecule has 0 bridgehead atoms. The van der Waals surface area contributed by atoms with Crippen LogP contribution in [0.5, 0.6) is 5.75 Å². The molecule has 1 aliphatic heterocycles. The van der Waals surface area contributed by atoms with E-state index < -0.39 is 17.7 Å². The topological polar surface area (TPSA) is 107 Å².